The Morgan fingerprint density at radius 1 is 1.07 bits per heavy atom. The Labute approximate surface area is 166 Å². The van der Waals surface area contributed by atoms with Crippen LogP contribution in [0.4, 0.5) is 21.9 Å². The molecule has 0 aliphatic heterocycles. The second-order valence-electron chi connectivity index (χ2n) is 6.12. The van der Waals surface area contributed by atoms with Crippen molar-refractivity contribution >= 4 is 35.0 Å². The maximum atomic E-state index is 12.0. The summed E-state index contributed by atoms with van der Waals surface area (Å²) in [6.07, 6.45) is 0. The summed E-state index contributed by atoms with van der Waals surface area (Å²) in [6, 6.07) is 8.21. The first-order chi connectivity index (χ1) is 13.7. The number of benzene rings is 2. The van der Waals surface area contributed by atoms with Gasteiger partial charge in [0.05, 0.1) is 10.5 Å². The van der Waals surface area contributed by atoms with Gasteiger partial charge in [0.15, 0.2) is 6.61 Å². The summed E-state index contributed by atoms with van der Waals surface area (Å²) < 4.78 is 4.81. The molecule has 29 heavy (non-hydrogen) atoms. The van der Waals surface area contributed by atoms with Gasteiger partial charge in [0.1, 0.15) is 5.69 Å². The second-order valence-corrected chi connectivity index (χ2v) is 6.12. The summed E-state index contributed by atoms with van der Waals surface area (Å²) in [5.41, 5.74) is 2.37. The van der Waals surface area contributed by atoms with Gasteiger partial charge in [-0.3, -0.25) is 20.2 Å². The second kappa shape index (κ2) is 9.31. The van der Waals surface area contributed by atoms with E-state index in [4.69, 9.17) is 4.74 Å². The highest BCUT2D eigenvalue weighted by molar-refractivity contribution is 6.02. The van der Waals surface area contributed by atoms with Gasteiger partial charge in [-0.2, -0.15) is 0 Å². The number of anilines is 2. The lowest BCUT2D eigenvalue weighted by atomic mass is 10.1. The van der Waals surface area contributed by atoms with Crippen LogP contribution < -0.4 is 16.0 Å². The standard InChI is InChI=1S/C19H20N4O6/c1-11-4-6-14(8-12(11)2)21-19(26)22-17(24)10-29-18(25)13-5-7-15(20-3)16(9-13)23(27)28/h4-9,20H,10H2,1-3H3,(H2,21,22,24,26). The van der Waals surface area contributed by atoms with Gasteiger partial charge in [-0.25, -0.2) is 9.59 Å². The highest BCUT2D eigenvalue weighted by Crippen LogP contribution is 2.25. The summed E-state index contributed by atoms with van der Waals surface area (Å²) in [6.45, 7) is 3.09. The predicted molar refractivity (Wildman–Crippen MR) is 106 cm³/mol. The Morgan fingerprint density at radius 2 is 1.79 bits per heavy atom. The van der Waals surface area contributed by atoms with E-state index >= 15 is 0 Å². The van der Waals surface area contributed by atoms with Crippen molar-refractivity contribution in [2.75, 3.05) is 24.3 Å². The fourth-order valence-corrected chi connectivity index (χ4v) is 2.38. The van der Waals surface area contributed by atoms with Gasteiger partial charge in [0.25, 0.3) is 11.6 Å². The number of amides is 3. The Bertz CT molecular complexity index is 973. The van der Waals surface area contributed by atoms with Crippen molar-refractivity contribution in [3.05, 3.63) is 63.2 Å². The van der Waals surface area contributed by atoms with Crippen molar-refractivity contribution in [2.45, 2.75) is 13.8 Å². The number of nitro benzene ring substituents is 1. The van der Waals surface area contributed by atoms with Gasteiger partial charge in [-0.15, -0.1) is 0 Å². The average molecular weight is 400 g/mol. The minimum absolute atomic E-state index is 0.0944. The Balaban J connectivity index is 1.90. The molecule has 0 aliphatic rings. The van der Waals surface area contributed by atoms with E-state index in [9.17, 15) is 24.5 Å². The zero-order chi connectivity index (χ0) is 21.6. The van der Waals surface area contributed by atoms with Crippen molar-refractivity contribution in [3.8, 4) is 0 Å². The molecular formula is C19H20N4O6. The molecule has 0 fully saturated rings. The van der Waals surface area contributed by atoms with E-state index in [1.54, 1.807) is 12.1 Å². The summed E-state index contributed by atoms with van der Waals surface area (Å²) in [5.74, 6) is -1.78. The SMILES string of the molecule is CNc1ccc(C(=O)OCC(=O)NC(=O)Nc2ccc(C)c(C)c2)cc1[N+](=O)[O-]. The molecule has 10 heteroatoms. The molecule has 2 aromatic carbocycles. The number of esters is 1. The van der Waals surface area contributed by atoms with Gasteiger partial charge in [-0.1, -0.05) is 6.07 Å². The monoisotopic (exact) mass is 400 g/mol. The molecule has 2 aromatic rings. The van der Waals surface area contributed by atoms with Crippen LogP contribution >= 0.6 is 0 Å². The van der Waals surface area contributed by atoms with Crippen LogP contribution in [0.5, 0.6) is 0 Å². The van der Waals surface area contributed by atoms with Crippen molar-refractivity contribution < 1.29 is 24.0 Å². The molecule has 0 saturated carbocycles. The Morgan fingerprint density at radius 3 is 2.41 bits per heavy atom. The van der Waals surface area contributed by atoms with Crippen molar-refractivity contribution in [1.82, 2.24) is 5.32 Å². The number of aryl methyl sites for hydroxylation is 2. The lowest BCUT2D eigenvalue weighted by Gasteiger charge is -2.09. The molecule has 0 unspecified atom stereocenters. The van der Waals surface area contributed by atoms with Crippen LogP contribution in [0.1, 0.15) is 21.5 Å². The van der Waals surface area contributed by atoms with Gasteiger partial charge in [0.2, 0.25) is 0 Å². The van der Waals surface area contributed by atoms with E-state index in [0.717, 1.165) is 17.2 Å². The zero-order valence-corrected chi connectivity index (χ0v) is 16.1. The molecule has 2 rings (SSSR count). The molecule has 0 bridgehead atoms. The summed E-state index contributed by atoms with van der Waals surface area (Å²) in [4.78, 5) is 46.1. The lowest BCUT2D eigenvalue weighted by molar-refractivity contribution is -0.384. The predicted octanol–water partition coefficient (Wildman–Crippen LogP) is 2.76. The van der Waals surface area contributed by atoms with Crippen molar-refractivity contribution in [3.63, 3.8) is 0 Å². The smallest absolute Gasteiger partial charge is 0.338 e. The molecule has 0 saturated heterocycles. The first-order valence-corrected chi connectivity index (χ1v) is 8.52. The number of imide groups is 1. The molecule has 0 aliphatic carbocycles. The largest absolute Gasteiger partial charge is 0.452 e. The molecule has 3 amide bonds. The number of ether oxygens (including phenoxy) is 1. The van der Waals surface area contributed by atoms with Gasteiger partial charge >= 0.3 is 12.0 Å². The van der Waals surface area contributed by atoms with E-state index in [1.165, 1.54) is 19.2 Å². The Kier molecular flexibility index (Phi) is 6.85. The summed E-state index contributed by atoms with van der Waals surface area (Å²) in [7, 11) is 1.51. The third-order valence-corrected chi connectivity index (χ3v) is 4.05. The maximum absolute atomic E-state index is 12.0. The fraction of sp³-hybridized carbons (Fsp3) is 0.211. The maximum Gasteiger partial charge on any atom is 0.338 e. The highest BCUT2D eigenvalue weighted by Gasteiger charge is 2.19. The third-order valence-electron chi connectivity index (χ3n) is 4.05. The number of rotatable bonds is 6. The fourth-order valence-electron chi connectivity index (χ4n) is 2.38. The molecular weight excluding hydrogens is 380 g/mol. The van der Waals surface area contributed by atoms with Crippen LogP contribution in [0, 0.1) is 24.0 Å². The molecule has 0 atom stereocenters. The molecule has 0 heterocycles. The number of nitro groups is 1. The summed E-state index contributed by atoms with van der Waals surface area (Å²) >= 11 is 0. The van der Waals surface area contributed by atoms with Gasteiger partial charge in [-0.05, 0) is 49.2 Å². The van der Waals surface area contributed by atoms with E-state index in [1.807, 2.05) is 25.2 Å². The number of urea groups is 1. The van der Waals surface area contributed by atoms with E-state index in [-0.39, 0.29) is 16.9 Å². The van der Waals surface area contributed by atoms with Gasteiger partial charge < -0.3 is 15.4 Å². The van der Waals surface area contributed by atoms with Crippen LogP contribution in [0.15, 0.2) is 36.4 Å². The number of hydrogen-bond donors (Lipinski definition) is 3. The quantitative estimate of drug-likeness (QED) is 0.385. The molecule has 0 spiro atoms. The average Bonchev–Trinajstić information content (AvgIpc) is 2.68. The minimum Gasteiger partial charge on any atom is -0.452 e. The van der Waals surface area contributed by atoms with Crippen LogP contribution in [0.3, 0.4) is 0 Å². The molecule has 0 aromatic heterocycles. The van der Waals surface area contributed by atoms with Crippen LogP contribution in [0.25, 0.3) is 0 Å². The van der Waals surface area contributed by atoms with Crippen LogP contribution in [0.2, 0.25) is 0 Å². The van der Waals surface area contributed by atoms with E-state index < -0.39 is 29.4 Å². The third kappa shape index (κ3) is 5.76. The number of hydrogen-bond acceptors (Lipinski definition) is 7. The number of carbonyl (C=O) groups excluding carboxylic acids is 3. The number of nitrogens with zero attached hydrogens (tertiary/aromatic N) is 1. The molecule has 0 radical (unpaired) electrons. The van der Waals surface area contributed by atoms with Crippen molar-refractivity contribution in [2.24, 2.45) is 0 Å². The van der Waals surface area contributed by atoms with Gasteiger partial charge in [0, 0.05) is 18.8 Å². The minimum atomic E-state index is -0.930. The summed E-state index contributed by atoms with van der Waals surface area (Å²) in [5, 5.41) is 18.2. The lowest BCUT2D eigenvalue weighted by Crippen LogP contribution is -2.37. The topological polar surface area (TPSA) is 140 Å². The first-order valence-electron chi connectivity index (χ1n) is 8.52. The first kappa shape index (κ1) is 21.4. The normalized spacial score (nSPS) is 10.0. The highest BCUT2D eigenvalue weighted by atomic mass is 16.6. The number of carbonyl (C=O) groups is 3. The Hall–Kier alpha value is -3.95. The number of nitrogens with one attached hydrogen (secondary N) is 3. The zero-order valence-electron chi connectivity index (χ0n) is 16.1. The molecule has 10 nitrogen and oxygen atoms in total. The van der Waals surface area contributed by atoms with Crippen LogP contribution in [-0.2, 0) is 9.53 Å². The van der Waals surface area contributed by atoms with Crippen LogP contribution in [-0.4, -0.2) is 36.5 Å². The van der Waals surface area contributed by atoms with E-state index in [2.05, 4.69) is 10.6 Å². The van der Waals surface area contributed by atoms with E-state index in [0.29, 0.717) is 5.69 Å². The van der Waals surface area contributed by atoms with Crippen molar-refractivity contribution in [1.29, 1.82) is 0 Å². The molecule has 3 N–H and O–H groups in total. The molecule has 152 valence electrons.